The molecule has 4 heterocycles. The van der Waals surface area contributed by atoms with Crippen molar-refractivity contribution in [3.8, 4) is 0 Å². The Morgan fingerprint density at radius 2 is 1.90 bits per heavy atom. The van der Waals surface area contributed by atoms with Gasteiger partial charge in [-0.3, -0.25) is 14.5 Å². The van der Waals surface area contributed by atoms with E-state index in [1.165, 1.54) is 7.11 Å². The maximum atomic E-state index is 13.8. The van der Waals surface area contributed by atoms with Gasteiger partial charge in [-0.15, -0.1) is 0 Å². The first-order valence-electron chi connectivity index (χ1n) is 11.0. The summed E-state index contributed by atoms with van der Waals surface area (Å²) >= 11 is 0. The fraction of sp³-hybridized carbons (Fsp3) is 0.696. The number of methoxy groups -OCH3 is 1. The SMILES string of the molecule is COC1=C(C)C(=O)O[C@@]12C(=O)C(C)=C1CCCCN3C(C4C[C@H](C)C(=O)O4)CCC132. The van der Waals surface area contributed by atoms with E-state index in [1.807, 2.05) is 13.8 Å². The van der Waals surface area contributed by atoms with Gasteiger partial charge in [-0.1, -0.05) is 6.92 Å². The van der Waals surface area contributed by atoms with E-state index < -0.39 is 17.1 Å². The number of hydrogen-bond acceptors (Lipinski definition) is 7. The van der Waals surface area contributed by atoms with Crippen molar-refractivity contribution in [1.82, 2.24) is 4.90 Å². The number of cyclic esters (lactones) is 1. The van der Waals surface area contributed by atoms with Crippen molar-refractivity contribution >= 4 is 17.7 Å². The Kier molecular flexibility index (Phi) is 4.24. The van der Waals surface area contributed by atoms with Gasteiger partial charge in [0.15, 0.2) is 5.76 Å². The van der Waals surface area contributed by atoms with Crippen molar-refractivity contribution in [2.24, 2.45) is 5.92 Å². The van der Waals surface area contributed by atoms with Gasteiger partial charge in [0.1, 0.15) is 6.10 Å². The second-order valence-electron chi connectivity index (χ2n) is 9.39. The molecule has 2 spiro atoms. The van der Waals surface area contributed by atoms with Gasteiger partial charge >= 0.3 is 11.9 Å². The third-order valence-corrected chi connectivity index (χ3v) is 8.06. The number of hydrogen-bond donors (Lipinski definition) is 0. The third kappa shape index (κ3) is 2.12. The summed E-state index contributed by atoms with van der Waals surface area (Å²) in [6.45, 7) is 6.20. The third-order valence-electron chi connectivity index (χ3n) is 8.06. The minimum atomic E-state index is -1.46. The van der Waals surface area contributed by atoms with Crippen LogP contribution < -0.4 is 0 Å². The van der Waals surface area contributed by atoms with Crippen molar-refractivity contribution in [3.05, 3.63) is 22.5 Å². The topological polar surface area (TPSA) is 82.1 Å². The number of ether oxygens (including phenoxy) is 3. The van der Waals surface area contributed by atoms with Gasteiger partial charge < -0.3 is 14.2 Å². The smallest absolute Gasteiger partial charge is 0.338 e. The minimum Gasteiger partial charge on any atom is -0.496 e. The Bertz CT molecular complexity index is 919. The molecule has 0 aromatic rings. The predicted molar refractivity (Wildman–Crippen MR) is 106 cm³/mol. The molecule has 162 valence electrons. The summed E-state index contributed by atoms with van der Waals surface area (Å²) in [6.07, 6.45) is 4.69. The van der Waals surface area contributed by atoms with E-state index in [0.29, 0.717) is 29.7 Å². The van der Waals surface area contributed by atoms with E-state index in [1.54, 1.807) is 6.92 Å². The lowest BCUT2D eigenvalue weighted by molar-refractivity contribution is -0.168. The van der Waals surface area contributed by atoms with Crippen molar-refractivity contribution < 1.29 is 28.6 Å². The maximum Gasteiger partial charge on any atom is 0.338 e. The molecule has 0 saturated carbocycles. The number of carbonyl (C=O) groups excluding carboxylic acids is 3. The molecule has 0 aromatic carbocycles. The lowest BCUT2D eigenvalue weighted by Crippen LogP contribution is -2.66. The first-order chi connectivity index (χ1) is 14.3. The average Bonchev–Trinajstić information content (AvgIpc) is 3.33. The Morgan fingerprint density at radius 3 is 2.57 bits per heavy atom. The zero-order valence-corrected chi connectivity index (χ0v) is 18.1. The molecule has 7 nitrogen and oxygen atoms in total. The van der Waals surface area contributed by atoms with E-state index in [-0.39, 0.29) is 29.8 Å². The van der Waals surface area contributed by atoms with Gasteiger partial charge in [0.25, 0.3) is 5.60 Å². The summed E-state index contributed by atoms with van der Waals surface area (Å²) in [4.78, 5) is 41.0. The summed E-state index contributed by atoms with van der Waals surface area (Å²) in [5.41, 5.74) is -0.0942. The molecule has 3 saturated heterocycles. The first-order valence-corrected chi connectivity index (χ1v) is 11.0. The second-order valence-corrected chi connectivity index (χ2v) is 9.39. The van der Waals surface area contributed by atoms with E-state index >= 15 is 0 Å². The fourth-order valence-corrected chi connectivity index (χ4v) is 6.81. The van der Waals surface area contributed by atoms with E-state index in [4.69, 9.17) is 14.2 Å². The van der Waals surface area contributed by atoms with Crippen LogP contribution in [0.3, 0.4) is 0 Å². The molecule has 1 aliphatic carbocycles. The molecule has 5 rings (SSSR count). The molecule has 4 aliphatic heterocycles. The maximum absolute atomic E-state index is 13.8. The number of nitrogens with zero attached hydrogens (tertiary/aromatic N) is 1. The van der Waals surface area contributed by atoms with Crippen LogP contribution in [0.25, 0.3) is 0 Å². The number of Topliss-reactive ketones (excluding diaryl/α,β-unsaturated/α-hetero) is 1. The van der Waals surface area contributed by atoms with E-state index in [0.717, 1.165) is 37.8 Å². The molecule has 0 amide bonds. The lowest BCUT2D eigenvalue weighted by atomic mass is 9.73. The first kappa shape index (κ1) is 19.8. The zero-order valence-electron chi connectivity index (χ0n) is 18.1. The van der Waals surface area contributed by atoms with Crippen molar-refractivity contribution in [1.29, 1.82) is 0 Å². The standard InChI is InChI=1S/C23H29NO6/c1-12-11-17(29-20(12)26)16-8-9-22-15(7-5-6-10-24(16)22)13(2)18(25)23(22)19(28-4)14(3)21(27)30-23/h12,16-17H,5-11H2,1-4H3/t12-,16?,17?,22?,23-/m0/s1. The Labute approximate surface area is 176 Å². The van der Waals surface area contributed by atoms with Crippen LogP contribution >= 0.6 is 0 Å². The molecule has 0 radical (unpaired) electrons. The molecule has 30 heavy (non-hydrogen) atoms. The second kappa shape index (κ2) is 6.42. The van der Waals surface area contributed by atoms with Crippen LogP contribution in [0.2, 0.25) is 0 Å². The lowest BCUT2D eigenvalue weighted by Gasteiger charge is -2.48. The zero-order chi connectivity index (χ0) is 21.4. The van der Waals surface area contributed by atoms with Crippen molar-refractivity contribution in [2.45, 2.75) is 82.6 Å². The molecular weight excluding hydrogens is 386 g/mol. The van der Waals surface area contributed by atoms with Gasteiger partial charge in [0.05, 0.1) is 24.1 Å². The number of ketones is 1. The molecule has 0 aromatic heterocycles. The molecule has 3 fully saturated rings. The van der Waals surface area contributed by atoms with Crippen LogP contribution in [-0.4, -0.2) is 59.6 Å². The van der Waals surface area contributed by atoms with E-state index in [9.17, 15) is 14.4 Å². The fourth-order valence-electron chi connectivity index (χ4n) is 6.81. The van der Waals surface area contributed by atoms with Crippen LogP contribution in [0.1, 0.15) is 59.3 Å². The number of esters is 2. The summed E-state index contributed by atoms with van der Waals surface area (Å²) < 4.78 is 17.5. The molecule has 0 N–H and O–H groups in total. The van der Waals surface area contributed by atoms with Crippen LogP contribution in [0.15, 0.2) is 22.5 Å². The minimum absolute atomic E-state index is 0.000268. The molecule has 0 bridgehead atoms. The molecule has 5 aliphatic rings. The van der Waals surface area contributed by atoms with Crippen molar-refractivity contribution in [2.75, 3.05) is 13.7 Å². The summed E-state index contributed by atoms with van der Waals surface area (Å²) in [5, 5.41) is 0. The average molecular weight is 415 g/mol. The van der Waals surface area contributed by atoms with Gasteiger partial charge in [0.2, 0.25) is 5.78 Å². The van der Waals surface area contributed by atoms with E-state index in [2.05, 4.69) is 4.90 Å². The largest absolute Gasteiger partial charge is 0.496 e. The Balaban J connectivity index is 1.69. The Hall–Kier alpha value is -2.15. The quantitative estimate of drug-likeness (QED) is 0.641. The monoisotopic (exact) mass is 415 g/mol. The van der Waals surface area contributed by atoms with Gasteiger partial charge in [-0.2, -0.15) is 0 Å². The number of rotatable bonds is 2. The summed E-state index contributed by atoms with van der Waals surface area (Å²) in [7, 11) is 1.51. The van der Waals surface area contributed by atoms with Gasteiger partial charge in [-0.25, -0.2) is 4.79 Å². The van der Waals surface area contributed by atoms with Crippen LogP contribution in [0.4, 0.5) is 0 Å². The predicted octanol–water partition coefficient (Wildman–Crippen LogP) is 2.44. The molecule has 3 unspecified atom stereocenters. The highest BCUT2D eigenvalue weighted by molar-refractivity contribution is 6.14. The molecule has 7 heteroatoms. The van der Waals surface area contributed by atoms with Gasteiger partial charge in [0, 0.05) is 6.04 Å². The normalized spacial score (nSPS) is 41.3. The number of carbonyl (C=O) groups is 3. The van der Waals surface area contributed by atoms with Crippen molar-refractivity contribution in [3.63, 3.8) is 0 Å². The van der Waals surface area contributed by atoms with Crippen LogP contribution in [0.5, 0.6) is 0 Å². The summed E-state index contributed by atoms with van der Waals surface area (Å²) in [5.74, 6) is -0.576. The highest BCUT2D eigenvalue weighted by atomic mass is 16.6. The highest BCUT2D eigenvalue weighted by Crippen LogP contribution is 2.62. The Morgan fingerprint density at radius 1 is 1.13 bits per heavy atom. The molecular formula is C23H29NO6. The van der Waals surface area contributed by atoms with Crippen LogP contribution in [-0.2, 0) is 28.6 Å². The highest BCUT2D eigenvalue weighted by Gasteiger charge is 2.76. The summed E-state index contributed by atoms with van der Waals surface area (Å²) in [6, 6.07) is 0.000268. The molecule has 5 atom stereocenters. The van der Waals surface area contributed by atoms with Crippen LogP contribution in [0, 0.1) is 5.92 Å². The van der Waals surface area contributed by atoms with Gasteiger partial charge in [-0.05, 0) is 70.1 Å².